The van der Waals surface area contributed by atoms with Crippen molar-refractivity contribution in [2.24, 2.45) is 0 Å². The molecule has 1 aromatic heterocycles. The van der Waals surface area contributed by atoms with E-state index in [-0.39, 0.29) is 0 Å². The first-order chi connectivity index (χ1) is 7.83. The number of thiazole rings is 1. The van der Waals surface area contributed by atoms with Crippen molar-refractivity contribution in [3.63, 3.8) is 0 Å². The first-order valence-corrected chi connectivity index (χ1v) is 6.01. The third kappa shape index (κ3) is 1.63. The van der Waals surface area contributed by atoms with E-state index >= 15 is 0 Å². The molecule has 0 saturated heterocycles. The average molecular weight is 229 g/mol. The maximum atomic E-state index is 5.65. The first-order valence-electron chi connectivity index (χ1n) is 5.19. The summed E-state index contributed by atoms with van der Waals surface area (Å²) < 4.78 is 6.85. The predicted molar refractivity (Wildman–Crippen MR) is 67.3 cm³/mol. The molecule has 16 heavy (non-hydrogen) atoms. The first kappa shape index (κ1) is 9.60. The smallest absolute Gasteiger partial charge is 0.159 e. The number of para-hydroxylation sites is 1. The molecule has 0 N–H and O–H groups in total. The van der Waals surface area contributed by atoms with E-state index in [1.165, 1.54) is 10.3 Å². The lowest BCUT2D eigenvalue weighted by atomic mass is 10.2. The highest BCUT2D eigenvalue weighted by Crippen LogP contribution is 2.29. The molecule has 1 aromatic carbocycles. The minimum atomic E-state index is 0.668. The van der Waals surface area contributed by atoms with E-state index in [1.54, 1.807) is 11.3 Å². The number of ether oxygens (including phenoxy) is 1. The summed E-state index contributed by atoms with van der Waals surface area (Å²) in [6.45, 7) is 2.73. The van der Waals surface area contributed by atoms with Gasteiger partial charge in [0.15, 0.2) is 10.8 Å². The summed E-state index contributed by atoms with van der Waals surface area (Å²) in [7, 11) is 0. The molecule has 0 unspecified atom stereocenters. The Morgan fingerprint density at radius 2 is 2.12 bits per heavy atom. The number of hydrogen-bond acceptors (Lipinski definition) is 3. The summed E-state index contributed by atoms with van der Waals surface area (Å²) in [4.78, 5) is 4.56. The van der Waals surface area contributed by atoms with Crippen molar-refractivity contribution in [2.45, 2.75) is 6.92 Å². The second kappa shape index (κ2) is 3.76. The van der Waals surface area contributed by atoms with Gasteiger partial charge in [0.25, 0.3) is 0 Å². The lowest BCUT2D eigenvalue weighted by molar-refractivity contribution is 0.305. The molecule has 0 aliphatic carbocycles. The standard InChI is InChI=1S/C13H11NOS/c1-9-6-7-11(15-8-9)13-14-10-4-2-3-5-12(10)16-13/h2-7H,8H2,1H3. The summed E-state index contributed by atoms with van der Waals surface area (Å²) in [5.41, 5.74) is 2.28. The van der Waals surface area contributed by atoms with Gasteiger partial charge in [-0.25, -0.2) is 4.98 Å². The highest BCUT2D eigenvalue weighted by atomic mass is 32.1. The summed E-state index contributed by atoms with van der Waals surface area (Å²) in [5.74, 6) is 0.881. The third-order valence-electron chi connectivity index (χ3n) is 2.48. The van der Waals surface area contributed by atoms with E-state index in [0.29, 0.717) is 6.61 Å². The van der Waals surface area contributed by atoms with Crippen LogP contribution in [0.25, 0.3) is 16.0 Å². The topological polar surface area (TPSA) is 22.1 Å². The largest absolute Gasteiger partial charge is 0.486 e. The van der Waals surface area contributed by atoms with Crippen molar-refractivity contribution < 1.29 is 4.74 Å². The molecule has 2 nitrogen and oxygen atoms in total. The van der Waals surface area contributed by atoms with E-state index in [0.717, 1.165) is 16.3 Å². The van der Waals surface area contributed by atoms with Crippen LogP contribution in [0.1, 0.15) is 11.9 Å². The lowest BCUT2D eigenvalue weighted by Crippen LogP contribution is -1.99. The molecule has 1 aliphatic heterocycles. The van der Waals surface area contributed by atoms with Gasteiger partial charge >= 0.3 is 0 Å². The molecule has 0 radical (unpaired) electrons. The van der Waals surface area contributed by atoms with Crippen LogP contribution >= 0.6 is 11.3 Å². The molecule has 0 saturated carbocycles. The fourth-order valence-corrected chi connectivity index (χ4v) is 2.56. The van der Waals surface area contributed by atoms with Gasteiger partial charge in [-0.3, -0.25) is 0 Å². The van der Waals surface area contributed by atoms with Crippen LogP contribution in [0, 0.1) is 0 Å². The molecule has 0 amide bonds. The Balaban J connectivity index is 2.07. The second-order valence-corrected chi connectivity index (χ2v) is 4.85. The van der Waals surface area contributed by atoms with Crippen molar-refractivity contribution in [1.29, 1.82) is 0 Å². The molecule has 0 fully saturated rings. The summed E-state index contributed by atoms with van der Waals surface area (Å²) in [6, 6.07) is 8.15. The predicted octanol–water partition coefficient (Wildman–Crippen LogP) is 3.61. The van der Waals surface area contributed by atoms with Gasteiger partial charge < -0.3 is 4.74 Å². The van der Waals surface area contributed by atoms with Crippen LogP contribution < -0.4 is 0 Å². The molecule has 0 atom stereocenters. The highest BCUT2D eigenvalue weighted by molar-refractivity contribution is 7.19. The molecule has 2 aromatic rings. The van der Waals surface area contributed by atoms with Crippen LogP contribution in [0.15, 0.2) is 42.0 Å². The van der Waals surface area contributed by atoms with E-state index in [4.69, 9.17) is 4.74 Å². The minimum absolute atomic E-state index is 0.668. The van der Waals surface area contributed by atoms with Crippen LogP contribution in [0.2, 0.25) is 0 Å². The van der Waals surface area contributed by atoms with Gasteiger partial charge in [-0.2, -0.15) is 0 Å². The van der Waals surface area contributed by atoms with Crippen molar-refractivity contribution in [2.75, 3.05) is 6.61 Å². The van der Waals surface area contributed by atoms with Crippen LogP contribution in [0.4, 0.5) is 0 Å². The number of rotatable bonds is 1. The number of nitrogens with zero attached hydrogens (tertiary/aromatic N) is 1. The van der Waals surface area contributed by atoms with Crippen LogP contribution in [0.3, 0.4) is 0 Å². The quantitative estimate of drug-likeness (QED) is 0.745. The normalized spacial score (nSPS) is 15.6. The number of allylic oxidation sites excluding steroid dienone is 2. The minimum Gasteiger partial charge on any atom is -0.486 e. The van der Waals surface area contributed by atoms with Crippen molar-refractivity contribution >= 4 is 27.3 Å². The third-order valence-corrected chi connectivity index (χ3v) is 3.53. The lowest BCUT2D eigenvalue weighted by Gasteiger charge is -2.11. The van der Waals surface area contributed by atoms with Crippen LogP contribution in [0.5, 0.6) is 0 Å². The van der Waals surface area contributed by atoms with E-state index < -0.39 is 0 Å². The molecule has 3 heteroatoms. The Kier molecular flexibility index (Phi) is 2.26. The number of fused-ring (bicyclic) bond motifs is 1. The Hall–Kier alpha value is -1.61. The second-order valence-electron chi connectivity index (χ2n) is 3.82. The summed E-state index contributed by atoms with van der Waals surface area (Å²) >= 11 is 1.67. The summed E-state index contributed by atoms with van der Waals surface area (Å²) in [5, 5.41) is 0.963. The zero-order chi connectivity index (χ0) is 11.0. The zero-order valence-electron chi connectivity index (χ0n) is 8.93. The van der Waals surface area contributed by atoms with Gasteiger partial charge in [-0.1, -0.05) is 18.2 Å². The molecule has 3 rings (SSSR count). The Bertz CT molecular complexity index is 562. The van der Waals surface area contributed by atoms with Gasteiger partial charge in [-0.05, 0) is 30.7 Å². The van der Waals surface area contributed by atoms with Gasteiger partial charge in [0, 0.05) is 0 Å². The van der Waals surface area contributed by atoms with Gasteiger partial charge in [-0.15, -0.1) is 11.3 Å². The van der Waals surface area contributed by atoms with Crippen LogP contribution in [-0.2, 0) is 4.74 Å². The van der Waals surface area contributed by atoms with Crippen molar-refractivity contribution in [3.8, 4) is 0 Å². The van der Waals surface area contributed by atoms with Crippen molar-refractivity contribution in [1.82, 2.24) is 4.98 Å². The van der Waals surface area contributed by atoms with E-state index in [9.17, 15) is 0 Å². The van der Waals surface area contributed by atoms with E-state index in [2.05, 4.69) is 24.1 Å². The SMILES string of the molecule is CC1=CC=C(c2nc3ccccc3s2)OC1. The Morgan fingerprint density at radius 1 is 1.25 bits per heavy atom. The molecule has 0 spiro atoms. The van der Waals surface area contributed by atoms with Gasteiger partial charge in [0.1, 0.15) is 6.61 Å². The fourth-order valence-electron chi connectivity index (χ4n) is 1.62. The Morgan fingerprint density at radius 3 is 2.88 bits per heavy atom. The van der Waals surface area contributed by atoms with Gasteiger partial charge in [0.2, 0.25) is 0 Å². The number of aromatic nitrogens is 1. The average Bonchev–Trinajstić information content (AvgIpc) is 2.73. The molecule has 0 bridgehead atoms. The molecule has 1 aliphatic rings. The maximum Gasteiger partial charge on any atom is 0.159 e. The summed E-state index contributed by atoms with van der Waals surface area (Å²) in [6.07, 6.45) is 4.08. The van der Waals surface area contributed by atoms with E-state index in [1.807, 2.05) is 24.3 Å². The number of benzene rings is 1. The Labute approximate surface area is 97.9 Å². The number of hydrogen-bond donors (Lipinski definition) is 0. The van der Waals surface area contributed by atoms with Gasteiger partial charge in [0.05, 0.1) is 10.2 Å². The monoisotopic (exact) mass is 229 g/mol. The van der Waals surface area contributed by atoms with Crippen LogP contribution in [-0.4, -0.2) is 11.6 Å². The molecular formula is C13H11NOS. The van der Waals surface area contributed by atoms with Crippen molar-refractivity contribution in [3.05, 3.63) is 47.0 Å². The molecular weight excluding hydrogens is 218 g/mol. The highest BCUT2D eigenvalue weighted by Gasteiger charge is 2.11. The molecule has 2 heterocycles. The fraction of sp³-hybridized carbons (Fsp3) is 0.154. The maximum absolute atomic E-state index is 5.65. The zero-order valence-corrected chi connectivity index (χ0v) is 9.75. The molecule has 80 valence electrons.